The van der Waals surface area contributed by atoms with E-state index < -0.39 is 6.04 Å². The molecular formula is C13H19N5O2. The molecule has 2 amide bonds. The molecule has 0 spiro atoms. The number of rotatable bonds is 4. The first kappa shape index (κ1) is 14.2. The topological polar surface area (TPSA) is 87.2 Å². The van der Waals surface area contributed by atoms with Crippen LogP contribution in [-0.4, -0.2) is 40.9 Å². The van der Waals surface area contributed by atoms with E-state index in [1.54, 1.807) is 24.8 Å². The summed E-state index contributed by atoms with van der Waals surface area (Å²) in [6.07, 6.45) is 0.986. The first-order valence-corrected chi connectivity index (χ1v) is 6.71. The third-order valence-corrected chi connectivity index (χ3v) is 3.10. The van der Waals surface area contributed by atoms with Gasteiger partial charge in [0.2, 0.25) is 11.8 Å². The Morgan fingerprint density at radius 1 is 1.45 bits per heavy atom. The van der Waals surface area contributed by atoms with Gasteiger partial charge in [-0.3, -0.25) is 14.9 Å². The van der Waals surface area contributed by atoms with E-state index in [1.807, 2.05) is 0 Å². The van der Waals surface area contributed by atoms with Gasteiger partial charge in [-0.1, -0.05) is 6.92 Å². The van der Waals surface area contributed by atoms with Crippen molar-refractivity contribution in [2.24, 2.45) is 0 Å². The standard InChI is InChI=1S/C13H19N5O2/c1-4-5-14-10-6-11(16-9(3)15-10)18-7-12(19)17-13(20)8(18)2/h6,8H,4-5,7H2,1-3H3,(H,14,15,16)(H,17,19,20). The second kappa shape index (κ2) is 5.85. The highest BCUT2D eigenvalue weighted by Gasteiger charge is 2.31. The van der Waals surface area contributed by atoms with E-state index in [2.05, 4.69) is 27.5 Å². The molecule has 1 aromatic rings. The molecule has 7 nitrogen and oxygen atoms in total. The van der Waals surface area contributed by atoms with E-state index in [4.69, 9.17) is 0 Å². The van der Waals surface area contributed by atoms with E-state index in [1.165, 1.54) is 0 Å². The SMILES string of the molecule is CCCNc1cc(N2CC(=O)NC(=O)C2C)nc(C)n1. The fourth-order valence-electron chi connectivity index (χ4n) is 2.04. The van der Waals surface area contributed by atoms with Crippen molar-refractivity contribution in [1.82, 2.24) is 15.3 Å². The monoisotopic (exact) mass is 277 g/mol. The van der Waals surface area contributed by atoms with Crippen LogP contribution in [0.15, 0.2) is 6.07 Å². The molecule has 1 aliphatic rings. The van der Waals surface area contributed by atoms with Crippen molar-refractivity contribution in [2.45, 2.75) is 33.2 Å². The predicted octanol–water partition coefficient (Wildman–Crippen LogP) is 0.458. The third-order valence-electron chi connectivity index (χ3n) is 3.10. The molecule has 20 heavy (non-hydrogen) atoms. The number of carbonyl (C=O) groups is 2. The average molecular weight is 277 g/mol. The lowest BCUT2D eigenvalue weighted by molar-refractivity contribution is -0.132. The molecule has 108 valence electrons. The lowest BCUT2D eigenvalue weighted by atomic mass is 10.2. The zero-order valence-electron chi connectivity index (χ0n) is 11.9. The minimum absolute atomic E-state index is 0.122. The third kappa shape index (κ3) is 3.04. The number of nitrogens with one attached hydrogen (secondary N) is 2. The average Bonchev–Trinajstić information content (AvgIpc) is 2.40. The number of piperazine rings is 1. The molecule has 2 heterocycles. The summed E-state index contributed by atoms with van der Waals surface area (Å²) in [5.41, 5.74) is 0. The zero-order valence-corrected chi connectivity index (χ0v) is 11.9. The molecule has 7 heteroatoms. The second-order valence-electron chi connectivity index (χ2n) is 4.80. The molecule has 2 N–H and O–H groups in total. The van der Waals surface area contributed by atoms with Crippen molar-refractivity contribution in [2.75, 3.05) is 23.3 Å². The maximum absolute atomic E-state index is 11.7. The number of amides is 2. The van der Waals surface area contributed by atoms with Gasteiger partial charge in [-0.05, 0) is 20.3 Å². The van der Waals surface area contributed by atoms with Crippen molar-refractivity contribution in [3.63, 3.8) is 0 Å². The van der Waals surface area contributed by atoms with Gasteiger partial charge in [-0.2, -0.15) is 0 Å². The Morgan fingerprint density at radius 3 is 2.90 bits per heavy atom. The fourth-order valence-corrected chi connectivity index (χ4v) is 2.04. The zero-order chi connectivity index (χ0) is 14.7. The Labute approximate surface area is 117 Å². The largest absolute Gasteiger partial charge is 0.370 e. The maximum atomic E-state index is 11.7. The number of hydrogen-bond acceptors (Lipinski definition) is 6. The van der Waals surface area contributed by atoms with Gasteiger partial charge in [0.1, 0.15) is 23.5 Å². The van der Waals surface area contributed by atoms with E-state index in [0.717, 1.165) is 13.0 Å². The summed E-state index contributed by atoms with van der Waals surface area (Å²) in [4.78, 5) is 33.5. The molecule has 1 aromatic heterocycles. The molecule has 0 saturated carbocycles. The molecule has 1 saturated heterocycles. The summed E-state index contributed by atoms with van der Waals surface area (Å²) in [7, 11) is 0. The minimum Gasteiger partial charge on any atom is -0.370 e. The summed E-state index contributed by atoms with van der Waals surface area (Å²) in [5.74, 6) is 1.28. The van der Waals surface area contributed by atoms with E-state index in [9.17, 15) is 9.59 Å². The summed E-state index contributed by atoms with van der Waals surface area (Å²) in [5, 5.41) is 5.50. The smallest absolute Gasteiger partial charge is 0.249 e. The summed E-state index contributed by atoms with van der Waals surface area (Å²) in [6.45, 7) is 6.54. The van der Waals surface area contributed by atoms with Gasteiger partial charge < -0.3 is 10.2 Å². The number of aryl methyl sites for hydroxylation is 1. The molecule has 1 atom stereocenters. The van der Waals surface area contributed by atoms with Gasteiger partial charge in [-0.25, -0.2) is 9.97 Å². The highest BCUT2D eigenvalue weighted by atomic mass is 16.2. The van der Waals surface area contributed by atoms with Gasteiger partial charge in [0, 0.05) is 12.6 Å². The van der Waals surface area contributed by atoms with Crippen molar-refractivity contribution in [1.29, 1.82) is 0 Å². The molecule has 1 aliphatic heterocycles. The number of nitrogens with zero attached hydrogens (tertiary/aromatic N) is 3. The number of carbonyl (C=O) groups excluding carboxylic acids is 2. The highest BCUT2D eigenvalue weighted by molar-refractivity contribution is 6.04. The number of imide groups is 1. The molecule has 1 fully saturated rings. The van der Waals surface area contributed by atoms with Gasteiger partial charge in [0.25, 0.3) is 0 Å². The molecule has 1 unspecified atom stereocenters. The summed E-state index contributed by atoms with van der Waals surface area (Å²) in [6, 6.07) is 1.34. The molecule has 0 aliphatic carbocycles. The Bertz CT molecular complexity index is 531. The van der Waals surface area contributed by atoms with Gasteiger partial charge in [0.05, 0.1) is 6.54 Å². The van der Waals surface area contributed by atoms with E-state index in [-0.39, 0.29) is 18.4 Å². The van der Waals surface area contributed by atoms with Crippen LogP contribution in [0.1, 0.15) is 26.1 Å². The Morgan fingerprint density at radius 2 is 2.20 bits per heavy atom. The Balaban J connectivity index is 2.28. The molecule has 0 bridgehead atoms. The number of aromatic nitrogens is 2. The Kier molecular flexibility index (Phi) is 4.16. The normalized spacial score (nSPS) is 18.9. The fraction of sp³-hybridized carbons (Fsp3) is 0.538. The Hall–Kier alpha value is -2.18. The molecule has 2 rings (SSSR count). The van der Waals surface area contributed by atoms with Crippen LogP contribution in [-0.2, 0) is 9.59 Å². The van der Waals surface area contributed by atoms with Crippen LogP contribution >= 0.6 is 0 Å². The highest BCUT2D eigenvalue weighted by Crippen LogP contribution is 2.19. The first-order chi connectivity index (χ1) is 9.51. The number of hydrogen-bond donors (Lipinski definition) is 2. The van der Waals surface area contributed by atoms with E-state index in [0.29, 0.717) is 17.5 Å². The van der Waals surface area contributed by atoms with Crippen molar-refractivity contribution in [3.05, 3.63) is 11.9 Å². The number of anilines is 2. The summed E-state index contributed by atoms with van der Waals surface area (Å²) >= 11 is 0. The van der Waals surface area contributed by atoms with Gasteiger partial charge in [0.15, 0.2) is 0 Å². The summed E-state index contributed by atoms with van der Waals surface area (Å²) < 4.78 is 0. The van der Waals surface area contributed by atoms with Gasteiger partial charge >= 0.3 is 0 Å². The van der Waals surface area contributed by atoms with Crippen LogP contribution in [0.25, 0.3) is 0 Å². The van der Waals surface area contributed by atoms with Crippen LogP contribution < -0.4 is 15.5 Å². The predicted molar refractivity (Wildman–Crippen MR) is 75.5 cm³/mol. The van der Waals surface area contributed by atoms with Crippen molar-refractivity contribution in [3.8, 4) is 0 Å². The molecule has 0 aromatic carbocycles. The second-order valence-corrected chi connectivity index (χ2v) is 4.80. The van der Waals surface area contributed by atoms with Crippen molar-refractivity contribution < 1.29 is 9.59 Å². The van der Waals surface area contributed by atoms with E-state index >= 15 is 0 Å². The minimum atomic E-state index is -0.430. The van der Waals surface area contributed by atoms with Crippen LogP contribution in [0, 0.1) is 6.92 Å². The molecular weight excluding hydrogens is 258 g/mol. The van der Waals surface area contributed by atoms with Crippen LogP contribution in [0.5, 0.6) is 0 Å². The van der Waals surface area contributed by atoms with Gasteiger partial charge in [-0.15, -0.1) is 0 Å². The lowest BCUT2D eigenvalue weighted by Gasteiger charge is -2.32. The van der Waals surface area contributed by atoms with Crippen molar-refractivity contribution >= 4 is 23.5 Å². The molecule has 0 radical (unpaired) electrons. The maximum Gasteiger partial charge on any atom is 0.249 e. The van der Waals surface area contributed by atoms with Crippen LogP contribution in [0.3, 0.4) is 0 Å². The van der Waals surface area contributed by atoms with Crippen LogP contribution in [0.4, 0.5) is 11.6 Å². The lowest BCUT2D eigenvalue weighted by Crippen LogP contribution is -2.57. The van der Waals surface area contributed by atoms with Crippen LogP contribution in [0.2, 0.25) is 0 Å². The first-order valence-electron chi connectivity index (χ1n) is 6.71. The quantitative estimate of drug-likeness (QED) is 0.777.